The molecule has 4 aromatic carbocycles. The molecule has 4 saturated heterocycles. The lowest BCUT2D eigenvalue weighted by Crippen LogP contribution is -2.36. The van der Waals surface area contributed by atoms with E-state index in [1.54, 1.807) is 24.3 Å². The highest BCUT2D eigenvalue weighted by molar-refractivity contribution is 6.37. The molecule has 18 nitrogen and oxygen atoms in total. The van der Waals surface area contributed by atoms with E-state index in [1.165, 1.54) is 48.5 Å². The van der Waals surface area contributed by atoms with Crippen LogP contribution in [0.4, 0.5) is 34.1 Å². The largest absolute Gasteiger partial charge is 0.274 e. The van der Waals surface area contributed by atoms with E-state index in [2.05, 4.69) is 0 Å². The Balaban J connectivity index is 0.655. The summed E-state index contributed by atoms with van der Waals surface area (Å²) in [6.45, 7) is 0. The van der Waals surface area contributed by atoms with E-state index in [0.717, 1.165) is 29.4 Å². The number of benzene rings is 4. The van der Waals surface area contributed by atoms with E-state index in [9.17, 15) is 57.5 Å². The maximum absolute atomic E-state index is 14.7. The third kappa shape index (κ3) is 5.87. The molecule has 0 N–H and O–H groups in total. The van der Waals surface area contributed by atoms with Crippen molar-refractivity contribution in [1.82, 2.24) is 0 Å². The van der Waals surface area contributed by atoms with Crippen molar-refractivity contribution in [1.29, 1.82) is 0 Å². The van der Waals surface area contributed by atoms with Gasteiger partial charge in [-0.25, -0.2) is 29.4 Å². The average Bonchev–Trinajstić information content (AvgIpc) is 2.46. The molecule has 408 valence electrons. The molecule has 0 radical (unpaired) electrons. The number of nitrogens with zero attached hydrogens (tertiary/aromatic N) is 6. The first kappa shape index (κ1) is 47.3. The van der Waals surface area contributed by atoms with Crippen LogP contribution >= 0.6 is 0 Å². The van der Waals surface area contributed by atoms with Gasteiger partial charge in [-0.3, -0.25) is 57.5 Å². The molecule has 12 amide bonds. The minimum Gasteiger partial charge on any atom is -0.274 e. The van der Waals surface area contributed by atoms with Crippen molar-refractivity contribution < 1.29 is 57.5 Å². The van der Waals surface area contributed by atoms with Crippen LogP contribution in [0.2, 0.25) is 0 Å². The highest BCUT2D eigenvalue weighted by Gasteiger charge is 2.64. The molecular weight excluding hydrogens is 1060 g/mol. The fourth-order valence-corrected chi connectivity index (χ4v) is 18.1. The van der Waals surface area contributed by atoms with Crippen molar-refractivity contribution in [3.05, 3.63) is 155 Å². The normalized spacial score (nSPS) is 35.5. The highest BCUT2D eigenvalue weighted by Crippen LogP contribution is 2.58. The molecule has 14 aliphatic rings. The second kappa shape index (κ2) is 15.8. The summed E-state index contributed by atoms with van der Waals surface area (Å²) in [5, 5.41) is 0. The quantitative estimate of drug-likeness (QED) is 0.144. The summed E-state index contributed by atoms with van der Waals surface area (Å²) < 4.78 is 0. The lowest BCUT2D eigenvalue weighted by atomic mass is 9.85. The van der Waals surface area contributed by atoms with Crippen LogP contribution in [0.25, 0.3) is 0 Å². The number of hydrogen-bond donors (Lipinski definition) is 0. The predicted octanol–water partition coefficient (Wildman–Crippen LogP) is 6.12. The molecule has 8 aliphatic carbocycles. The fourth-order valence-electron chi connectivity index (χ4n) is 18.1. The summed E-state index contributed by atoms with van der Waals surface area (Å²) in [7, 11) is 0. The SMILES string of the molecule is O=C1c2ccc(Cc3ccc4c(c3)C(=O)N(c3cc(N5C(=O)C6C7C=CC(C7)C6C5=O)cc(N5C(=O)C6C7C=CC(C7)C6C5=O)c3)C4=O)cc2C(=O)N1c1cc(N2C(=O)C3C4C=CC(C4)C3C2=O)cc(N2C(=O)C3C4C=CC(C4)C3C2=O)c1. The zero-order chi connectivity index (χ0) is 56.2. The van der Waals surface area contributed by atoms with Gasteiger partial charge >= 0.3 is 0 Å². The number of fused-ring (bicyclic) bond motifs is 22. The van der Waals surface area contributed by atoms with E-state index in [4.69, 9.17) is 0 Å². The van der Waals surface area contributed by atoms with Gasteiger partial charge < -0.3 is 0 Å². The van der Waals surface area contributed by atoms with Crippen LogP contribution in [0.1, 0.15) is 78.2 Å². The standard InChI is InChI=1S/C65H46N6O12/c72-54-42-11-1-26(14-44(42)56(74)66(54)36-20-38(68-58(76)46-28-3-4-29(16-28)47(46)59(68)77)24-39(21-36)69-60(78)48-30-5-6-31(17-30)49(48)61(69)79)13-27-2-12-43-45(15-27)57(75)67(55(43)73)37-22-40(70-62(80)50-32-7-8-33(18-32)51(50)63(70)81)25-41(23-37)71-64(82)52-34-9-10-35(19-34)53(52)65(71)83/h1-12,14-15,20-25,28-35,46-53H,13,16-19H2. The lowest BCUT2D eigenvalue weighted by Gasteiger charge is -2.25. The summed E-state index contributed by atoms with van der Waals surface area (Å²) >= 11 is 0. The van der Waals surface area contributed by atoms with Crippen molar-refractivity contribution >= 4 is 105 Å². The second-order valence-corrected chi connectivity index (χ2v) is 25.3. The van der Waals surface area contributed by atoms with Gasteiger partial charge in [0, 0.05) is 0 Å². The highest BCUT2D eigenvalue weighted by atomic mass is 16.2. The third-order valence-corrected chi connectivity index (χ3v) is 21.5. The smallest absolute Gasteiger partial charge is 0.266 e. The summed E-state index contributed by atoms with van der Waals surface area (Å²) in [5.74, 6) is -11.7. The van der Waals surface area contributed by atoms with Crippen LogP contribution in [0.15, 0.2) is 121 Å². The fraction of sp³-hybridized carbons (Fsp3) is 0.323. The number of allylic oxidation sites excluding steroid dienone is 8. The number of amides is 12. The van der Waals surface area contributed by atoms with Crippen LogP contribution in [-0.4, -0.2) is 70.9 Å². The molecule has 4 saturated carbocycles. The van der Waals surface area contributed by atoms with E-state index >= 15 is 0 Å². The number of carbonyl (C=O) groups excluding carboxylic acids is 12. The minimum atomic E-state index is -0.729. The van der Waals surface area contributed by atoms with E-state index in [1.807, 2.05) is 48.6 Å². The zero-order valence-electron chi connectivity index (χ0n) is 43.9. The molecule has 83 heavy (non-hydrogen) atoms. The molecule has 18 rings (SSSR count). The first-order valence-corrected chi connectivity index (χ1v) is 28.7. The van der Waals surface area contributed by atoms with Gasteiger partial charge in [-0.2, -0.15) is 0 Å². The molecule has 8 fully saturated rings. The Bertz CT molecular complexity index is 3600. The van der Waals surface area contributed by atoms with E-state index < -0.39 is 118 Å². The number of rotatable bonds is 8. The average molecular weight is 1100 g/mol. The Labute approximate surface area is 471 Å². The van der Waals surface area contributed by atoms with Crippen LogP contribution in [0.5, 0.6) is 0 Å². The van der Waals surface area contributed by atoms with Gasteiger partial charge in [0.1, 0.15) is 0 Å². The van der Waals surface area contributed by atoms with Crippen molar-refractivity contribution in [3.8, 4) is 0 Å². The monoisotopic (exact) mass is 1100 g/mol. The van der Waals surface area contributed by atoms with E-state index in [0.29, 0.717) is 36.8 Å². The van der Waals surface area contributed by atoms with Gasteiger partial charge in [-0.15, -0.1) is 0 Å². The number of carbonyl (C=O) groups is 12. The number of imide groups is 6. The molecule has 4 aromatic rings. The number of anilines is 6. The van der Waals surface area contributed by atoms with Gasteiger partial charge in [0.25, 0.3) is 23.6 Å². The topological polar surface area (TPSA) is 224 Å². The Morgan fingerprint density at radius 3 is 0.687 bits per heavy atom. The predicted molar refractivity (Wildman–Crippen MR) is 292 cm³/mol. The lowest BCUT2D eigenvalue weighted by molar-refractivity contribution is -0.124. The summed E-state index contributed by atoms with van der Waals surface area (Å²) in [4.78, 5) is 179. The first-order valence-electron chi connectivity index (χ1n) is 28.7. The second-order valence-electron chi connectivity index (χ2n) is 25.3. The van der Waals surface area contributed by atoms with Gasteiger partial charge in [-0.05, 0) is 151 Å². The van der Waals surface area contributed by atoms with Crippen molar-refractivity contribution in [2.75, 3.05) is 29.4 Å². The molecule has 6 aliphatic heterocycles. The first-order chi connectivity index (χ1) is 40.1. The zero-order valence-corrected chi connectivity index (χ0v) is 43.9. The van der Waals surface area contributed by atoms with Gasteiger partial charge in [0.05, 0.1) is 104 Å². The maximum Gasteiger partial charge on any atom is 0.266 e. The molecule has 6 heterocycles. The maximum atomic E-state index is 14.7. The Kier molecular flexibility index (Phi) is 9.02. The Morgan fingerprint density at radius 1 is 0.253 bits per heavy atom. The molecular formula is C65H46N6O12. The van der Waals surface area contributed by atoms with Crippen LogP contribution in [-0.2, 0) is 44.8 Å². The summed E-state index contributed by atoms with van der Waals surface area (Å²) in [6, 6.07) is 18.0. The van der Waals surface area contributed by atoms with Gasteiger partial charge in [-0.1, -0.05) is 60.7 Å². The molecule has 16 unspecified atom stereocenters. The van der Waals surface area contributed by atoms with Gasteiger partial charge in [0.15, 0.2) is 0 Å². The summed E-state index contributed by atoms with van der Waals surface area (Å²) in [5.41, 5.74) is 1.39. The minimum absolute atomic E-state index is 0.0368. The third-order valence-electron chi connectivity index (χ3n) is 21.5. The van der Waals surface area contributed by atoms with Crippen molar-refractivity contribution in [3.63, 3.8) is 0 Å². The summed E-state index contributed by atoms with van der Waals surface area (Å²) in [6.07, 6.45) is 18.7. The number of hydrogen-bond acceptors (Lipinski definition) is 12. The molecule has 0 aromatic heterocycles. The van der Waals surface area contributed by atoms with Crippen LogP contribution < -0.4 is 29.4 Å². The molecule has 8 bridgehead atoms. The van der Waals surface area contributed by atoms with E-state index in [-0.39, 0.29) is 110 Å². The Morgan fingerprint density at radius 2 is 0.458 bits per heavy atom. The molecule has 0 spiro atoms. The van der Waals surface area contributed by atoms with Crippen molar-refractivity contribution in [2.24, 2.45) is 94.7 Å². The Hall–Kier alpha value is -9.32. The van der Waals surface area contributed by atoms with Crippen LogP contribution in [0, 0.1) is 94.7 Å². The van der Waals surface area contributed by atoms with Crippen LogP contribution in [0.3, 0.4) is 0 Å². The van der Waals surface area contributed by atoms with Crippen molar-refractivity contribution in [2.45, 2.75) is 32.1 Å². The van der Waals surface area contributed by atoms with Gasteiger partial charge in [0.2, 0.25) is 47.3 Å². The molecule has 16 atom stereocenters. The molecule has 18 heteroatoms.